The molecule has 0 saturated heterocycles. The van der Waals surface area contributed by atoms with E-state index in [4.69, 9.17) is 36.8 Å². The number of nitrogens with zero attached hydrogens (tertiary/aromatic N) is 9. The van der Waals surface area contributed by atoms with E-state index in [0.29, 0.717) is 34.1 Å². The highest BCUT2D eigenvalue weighted by Crippen LogP contribution is 2.54. The summed E-state index contributed by atoms with van der Waals surface area (Å²) in [4.78, 5) is 30.8. The second-order valence-corrected chi connectivity index (χ2v) is 41.2. The first kappa shape index (κ1) is 81.2. The Kier molecular flexibility index (Phi) is 19.2. The monoisotopic (exact) mass is 1970 g/mol. The van der Waals surface area contributed by atoms with Crippen molar-refractivity contribution >= 4 is 225 Å². The lowest BCUT2D eigenvalue weighted by molar-refractivity contribution is 1.18. The zero-order valence-corrected chi connectivity index (χ0v) is 82.7. The first-order valence-corrected chi connectivity index (χ1v) is 52.7. The van der Waals surface area contributed by atoms with Gasteiger partial charge >= 0.3 is 0 Å². The van der Waals surface area contributed by atoms with E-state index in [0.717, 1.165) is 94.7 Å². The maximum atomic E-state index is 8.73. The van der Waals surface area contributed by atoms with Crippen molar-refractivity contribution < 1.29 is 6.85 Å². The molecule has 0 amide bonds. The summed E-state index contributed by atoms with van der Waals surface area (Å²) in [5.74, 6) is 1.82. The lowest BCUT2D eigenvalue weighted by atomic mass is 9.99. The van der Waals surface area contributed by atoms with Crippen LogP contribution in [0.1, 0.15) is 6.85 Å². The van der Waals surface area contributed by atoms with E-state index in [2.05, 4.69) is 450 Å². The molecular formula is C138H83N9S3. The highest BCUT2D eigenvalue weighted by Gasteiger charge is 2.29. The van der Waals surface area contributed by atoms with Gasteiger partial charge in [0.25, 0.3) is 0 Å². The topological polar surface area (TPSA) is 92.1 Å². The fraction of sp³-hybridized carbons (Fsp3) is 0. The first-order valence-electron chi connectivity index (χ1n) is 52.8. The molecule has 9 aromatic heterocycles. The molecule has 0 fully saturated rings. The van der Waals surface area contributed by atoms with Crippen molar-refractivity contribution in [3.63, 3.8) is 0 Å². The first-order chi connectivity index (χ1) is 76.5. The summed E-state index contributed by atoms with van der Waals surface area (Å²) in [5.41, 5.74) is 24.4. The van der Waals surface area contributed by atoms with Gasteiger partial charge in [-0.25, -0.2) is 29.9 Å². The van der Waals surface area contributed by atoms with Crippen molar-refractivity contribution in [2.75, 3.05) is 0 Å². The van der Waals surface area contributed by atoms with Gasteiger partial charge in [0.1, 0.15) is 0 Å². The van der Waals surface area contributed by atoms with Gasteiger partial charge in [0.05, 0.1) is 87.7 Å². The molecule has 12 heteroatoms. The molecule has 9 heterocycles. The standard InChI is InChI=1S/2C48H29N3S.C42H25N3S/c1-2-14-30(15-3-1)31-16-12-17-32(28-31)45-37-22-6-9-25-40(37)49-48(50-45)33-18-13-19-34(29-33)51-41-26-10-7-23-38(41)43-35-20-4-5-21-36(35)44-39-24-8-11-27-42(39)52-47(44)46(43)51;1-2-13-30(14-3-1)31-25-27-32(28-26-31)45-37-19-6-9-22-40(37)49-48(50-45)33-15-12-16-34(29-33)51-41-23-10-7-20-38(41)43-35-17-4-5-18-36(35)44-39-21-8-11-24-42(39)52-47(44)46(43)51;1-2-13-26(14-3-1)39-31-19-6-9-22-34(31)43-42(44-39)27-15-12-16-28(25-27)45-35-23-10-7-20-32(35)37-29-17-4-5-18-30(29)38-33-21-8-11-24-36(33)46-41(38)40(37)45/h2*1-29H;1-25H/i;;1D,2D,3D,13D,14D. The van der Waals surface area contributed by atoms with Crippen LogP contribution in [0.3, 0.4) is 0 Å². The SMILES string of the molecule is [2H]c1c([2H])c([2H])c(-c2nc(-c3cccc(-n4c5ccccc5c5c6ccccc6c6c7ccccc7sc6c54)c3)nc3ccccc23)c([2H])c1[2H].c1ccc(-c2ccc(-c3nc(-c4cccc(-n5c6ccccc6c6c7ccccc7c7c8ccccc8sc7c65)c4)nc4ccccc34)cc2)cc1.c1ccc(-c2cccc(-c3nc(-c4cccc(-n5c6ccccc6c6c7ccccc7c7c8ccccc8sc7c65)c4)nc4ccccc34)c2)cc1. The van der Waals surface area contributed by atoms with Gasteiger partial charge in [-0.05, 0) is 152 Å². The van der Waals surface area contributed by atoms with Gasteiger partial charge in [-0.1, -0.05) is 406 Å². The van der Waals surface area contributed by atoms with Crippen LogP contribution in [-0.2, 0) is 0 Å². The number of para-hydroxylation sites is 6. The molecule has 0 spiro atoms. The zero-order valence-electron chi connectivity index (χ0n) is 85.3. The van der Waals surface area contributed by atoms with Crippen LogP contribution in [0.5, 0.6) is 0 Å². The largest absolute Gasteiger partial charge is 0.308 e. The van der Waals surface area contributed by atoms with Crippen molar-refractivity contribution in [1.82, 2.24) is 43.6 Å². The van der Waals surface area contributed by atoms with Crippen molar-refractivity contribution in [2.24, 2.45) is 0 Å². The van der Waals surface area contributed by atoms with Crippen LogP contribution in [0, 0.1) is 0 Å². The summed E-state index contributed by atoms with van der Waals surface area (Å²) in [5, 5.41) is 25.5. The fourth-order valence-electron chi connectivity index (χ4n) is 23.1. The van der Waals surface area contributed by atoms with Crippen LogP contribution < -0.4 is 0 Å². The maximum Gasteiger partial charge on any atom is 0.160 e. The molecule has 9 nitrogen and oxygen atoms in total. The Balaban J connectivity index is 0.000000106. The van der Waals surface area contributed by atoms with Gasteiger partial charge in [0, 0.05) is 145 Å². The predicted octanol–water partition coefficient (Wildman–Crippen LogP) is 38.1. The van der Waals surface area contributed by atoms with E-state index >= 15 is 0 Å². The third kappa shape index (κ3) is 14.1. The van der Waals surface area contributed by atoms with Crippen molar-refractivity contribution in [3.8, 4) is 107 Å². The number of rotatable bonds is 11. The molecule has 0 aliphatic rings. The van der Waals surface area contributed by atoms with E-state index in [9.17, 15) is 0 Å². The minimum atomic E-state index is -0.438. The highest BCUT2D eigenvalue weighted by molar-refractivity contribution is 7.28. The minimum absolute atomic E-state index is 0.0541. The van der Waals surface area contributed by atoms with Crippen LogP contribution in [0.25, 0.3) is 298 Å². The number of hydrogen-bond donors (Lipinski definition) is 0. The third-order valence-corrected chi connectivity index (χ3v) is 33.1. The number of hydrogen-bond acceptors (Lipinski definition) is 9. The molecule has 0 radical (unpaired) electrons. The minimum Gasteiger partial charge on any atom is -0.308 e. The van der Waals surface area contributed by atoms with E-state index in [1.165, 1.54) is 164 Å². The van der Waals surface area contributed by atoms with Gasteiger partial charge in [-0.2, -0.15) is 0 Å². The lowest BCUT2D eigenvalue weighted by Crippen LogP contribution is -1.98. The Bertz CT molecular complexity index is 11500. The molecule has 698 valence electrons. The Hall–Kier alpha value is -19.1. The molecule has 0 aliphatic heterocycles. The van der Waals surface area contributed by atoms with Crippen molar-refractivity contribution in [1.29, 1.82) is 0 Å². The van der Waals surface area contributed by atoms with E-state index < -0.39 is 18.1 Å². The van der Waals surface area contributed by atoms with Crippen LogP contribution in [-0.4, -0.2) is 43.6 Å². The zero-order chi connectivity index (χ0) is 103. The Morgan fingerprint density at radius 1 is 0.173 bits per heavy atom. The molecule has 150 heavy (non-hydrogen) atoms. The fourth-order valence-corrected chi connectivity index (χ4v) is 26.9. The van der Waals surface area contributed by atoms with Gasteiger partial charge in [0.2, 0.25) is 0 Å². The number of fused-ring (bicyclic) bond motifs is 33. The molecule has 0 saturated carbocycles. The Labute approximate surface area is 879 Å². The maximum absolute atomic E-state index is 8.73. The van der Waals surface area contributed by atoms with Crippen LogP contribution in [0.15, 0.2) is 503 Å². The molecule has 32 rings (SSSR count). The molecular weight excluding hydrogens is 1880 g/mol. The molecule has 0 atom stereocenters. The van der Waals surface area contributed by atoms with E-state index in [1.54, 1.807) is 0 Å². The van der Waals surface area contributed by atoms with Crippen LogP contribution in [0.2, 0.25) is 0 Å². The normalized spacial score (nSPS) is 12.3. The summed E-state index contributed by atoms with van der Waals surface area (Å²) in [7, 11) is 0. The molecule has 0 unspecified atom stereocenters. The molecule has 0 aliphatic carbocycles. The van der Waals surface area contributed by atoms with E-state index in [-0.39, 0.29) is 17.6 Å². The van der Waals surface area contributed by atoms with Crippen molar-refractivity contribution in [3.05, 3.63) is 503 Å². The summed E-state index contributed by atoms with van der Waals surface area (Å²) in [6, 6.07) is 165. The Morgan fingerprint density at radius 3 is 0.807 bits per heavy atom. The second kappa shape index (κ2) is 35.4. The summed E-state index contributed by atoms with van der Waals surface area (Å²) in [6.07, 6.45) is 0. The lowest BCUT2D eigenvalue weighted by Gasteiger charge is -2.13. The quantitative estimate of drug-likeness (QED) is 0.128. The predicted molar refractivity (Wildman–Crippen MR) is 636 cm³/mol. The Morgan fingerprint density at radius 2 is 0.433 bits per heavy atom. The van der Waals surface area contributed by atoms with Crippen LogP contribution >= 0.6 is 34.0 Å². The smallest absolute Gasteiger partial charge is 0.160 e. The molecule has 23 aromatic carbocycles. The number of aromatic nitrogens is 9. The van der Waals surface area contributed by atoms with Gasteiger partial charge in [-0.15, -0.1) is 34.0 Å². The average molecular weight is 1970 g/mol. The average Bonchev–Trinajstić information content (AvgIpc) is 1.54. The van der Waals surface area contributed by atoms with Gasteiger partial charge in [-0.3, -0.25) is 0 Å². The van der Waals surface area contributed by atoms with Gasteiger partial charge in [0.15, 0.2) is 17.5 Å². The second-order valence-electron chi connectivity index (χ2n) is 38.1. The van der Waals surface area contributed by atoms with Crippen molar-refractivity contribution in [2.45, 2.75) is 0 Å². The summed E-state index contributed by atoms with van der Waals surface area (Å²) >= 11 is 5.58. The van der Waals surface area contributed by atoms with Crippen LogP contribution in [0.4, 0.5) is 0 Å². The summed E-state index contributed by atoms with van der Waals surface area (Å²) < 4.78 is 57.2. The third-order valence-electron chi connectivity index (χ3n) is 29.6. The van der Waals surface area contributed by atoms with E-state index in [1.807, 2.05) is 70.4 Å². The highest BCUT2D eigenvalue weighted by atomic mass is 32.1. The molecule has 0 bridgehead atoms. The number of thiophene rings is 3. The number of benzene rings is 23. The molecule has 0 N–H and O–H groups in total. The van der Waals surface area contributed by atoms with Gasteiger partial charge < -0.3 is 13.7 Å². The molecule has 32 aromatic rings. The summed E-state index contributed by atoms with van der Waals surface area (Å²) in [6.45, 7) is 0.